The van der Waals surface area contributed by atoms with Crippen LogP contribution in [0.3, 0.4) is 0 Å². The van der Waals surface area contributed by atoms with Crippen molar-refractivity contribution in [2.75, 3.05) is 37.7 Å². The Morgan fingerprint density at radius 3 is 2.25 bits per heavy atom. The van der Waals surface area contributed by atoms with Crippen LogP contribution in [-0.2, 0) is 9.36 Å². The molecule has 3 amide bonds. The number of hydrogen-bond acceptors (Lipinski definition) is 7. The summed E-state index contributed by atoms with van der Waals surface area (Å²) < 4.78 is 11.8. The second kappa shape index (κ2) is 10.6. The number of carboxylic acid groups (broad SMARTS) is 1. The Bertz CT molecular complexity index is 1180. The first-order chi connectivity index (χ1) is 17.1. The van der Waals surface area contributed by atoms with E-state index in [4.69, 9.17) is 5.11 Å². The topological polar surface area (TPSA) is 185 Å². The highest BCUT2D eigenvalue weighted by molar-refractivity contribution is 7.51. The van der Waals surface area contributed by atoms with E-state index in [9.17, 15) is 28.7 Å². The number of rotatable bonds is 8. The number of piperazine rings is 1. The average Bonchev–Trinajstić information content (AvgIpc) is 3.66. The summed E-state index contributed by atoms with van der Waals surface area (Å²) in [5.74, 6) is -0.775. The molecule has 4 rings (SSSR count). The van der Waals surface area contributed by atoms with Gasteiger partial charge in [-0.3, -0.25) is 14.2 Å². The fraction of sp³-hybridized carbons (Fsp3) is 0.409. The lowest BCUT2D eigenvalue weighted by Gasteiger charge is -2.35. The summed E-state index contributed by atoms with van der Waals surface area (Å²) in [7, 11) is -4.69. The van der Waals surface area contributed by atoms with Crippen molar-refractivity contribution in [3.8, 4) is 11.4 Å². The smallest absolute Gasteiger partial charge is 0.407 e. The molecule has 2 aromatic rings. The number of carbonyl (C=O) groups is 3. The highest BCUT2D eigenvalue weighted by atomic mass is 31.2. The van der Waals surface area contributed by atoms with Gasteiger partial charge < -0.3 is 35.3 Å². The first kappa shape index (κ1) is 25.5. The zero-order valence-electron chi connectivity index (χ0n) is 19.3. The van der Waals surface area contributed by atoms with Gasteiger partial charge in [-0.1, -0.05) is 30.3 Å². The molecule has 1 atom stereocenters. The maximum absolute atomic E-state index is 13.2. The number of nitrogens with one attached hydrogen (secondary N) is 2. The lowest BCUT2D eigenvalue weighted by Crippen LogP contribution is -2.56. The van der Waals surface area contributed by atoms with Crippen molar-refractivity contribution in [3.05, 3.63) is 42.1 Å². The lowest BCUT2D eigenvalue weighted by atomic mass is 10.2. The van der Waals surface area contributed by atoms with E-state index in [1.54, 1.807) is 24.3 Å². The highest BCUT2D eigenvalue weighted by Crippen LogP contribution is 2.35. The molecule has 0 spiro atoms. The van der Waals surface area contributed by atoms with Gasteiger partial charge in [0, 0.05) is 43.9 Å². The molecule has 1 aliphatic carbocycles. The molecule has 14 heteroatoms. The summed E-state index contributed by atoms with van der Waals surface area (Å²) in [6, 6.07) is 9.17. The summed E-state index contributed by atoms with van der Waals surface area (Å²) in [5.41, 5.74) is 0.608. The molecular weight excluding hydrogens is 491 g/mol. The Balaban J connectivity index is 1.56. The van der Waals surface area contributed by atoms with Crippen LogP contribution in [-0.4, -0.2) is 97.0 Å². The van der Waals surface area contributed by atoms with Gasteiger partial charge in [0.05, 0.1) is 6.16 Å². The van der Waals surface area contributed by atoms with Crippen LogP contribution in [0.2, 0.25) is 0 Å². The van der Waals surface area contributed by atoms with Crippen molar-refractivity contribution in [1.82, 2.24) is 25.1 Å². The molecule has 2 aliphatic rings. The van der Waals surface area contributed by atoms with Crippen molar-refractivity contribution in [2.45, 2.75) is 24.9 Å². The molecule has 1 aliphatic heterocycles. The van der Waals surface area contributed by atoms with E-state index in [0.717, 1.165) is 17.7 Å². The van der Waals surface area contributed by atoms with E-state index < -0.39 is 37.7 Å². The summed E-state index contributed by atoms with van der Waals surface area (Å²) in [4.78, 5) is 67.7. The minimum Gasteiger partial charge on any atom is -0.465 e. The zero-order chi connectivity index (χ0) is 25.9. The quantitative estimate of drug-likeness (QED) is 0.313. The highest BCUT2D eigenvalue weighted by Gasteiger charge is 2.35. The van der Waals surface area contributed by atoms with Crippen molar-refractivity contribution >= 4 is 31.3 Å². The van der Waals surface area contributed by atoms with Gasteiger partial charge in [-0.2, -0.15) is 0 Å². The second-order valence-electron chi connectivity index (χ2n) is 8.71. The molecule has 2 heterocycles. The number of hydrogen-bond donors (Lipinski definition) is 5. The number of carbonyl (C=O) groups excluding carboxylic acids is 2. The Morgan fingerprint density at radius 1 is 1.03 bits per heavy atom. The largest absolute Gasteiger partial charge is 0.465 e. The standard InChI is InChI=1S/C22H27N6O7P/c29-20(16-12-18(23-15-6-7-15)26-19(24-16)14-4-2-1-3-5-14)25-17(13-36(33,34)35)21(30)27-8-10-28(11-9-27)22(31)32/h1-5,12,15,17H,6-11,13H2,(H,25,29)(H,31,32)(H,23,24,26)(H2,33,34,35)/t17-/m0/s1. The van der Waals surface area contributed by atoms with Crippen molar-refractivity contribution in [1.29, 1.82) is 0 Å². The number of anilines is 1. The van der Waals surface area contributed by atoms with Crippen LogP contribution < -0.4 is 10.6 Å². The van der Waals surface area contributed by atoms with Gasteiger partial charge in [-0.15, -0.1) is 0 Å². The molecule has 2 fully saturated rings. The lowest BCUT2D eigenvalue weighted by molar-refractivity contribution is -0.134. The normalized spacial score (nSPS) is 16.8. The summed E-state index contributed by atoms with van der Waals surface area (Å²) in [6.45, 7) is 0.194. The summed E-state index contributed by atoms with van der Waals surface area (Å²) >= 11 is 0. The second-order valence-corrected chi connectivity index (χ2v) is 10.4. The van der Waals surface area contributed by atoms with Gasteiger partial charge >= 0.3 is 13.7 Å². The van der Waals surface area contributed by atoms with E-state index in [1.165, 1.54) is 11.0 Å². The van der Waals surface area contributed by atoms with Gasteiger partial charge in [0.15, 0.2) is 5.82 Å². The van der Waals surface area contributed by atoms with Crippen LogP contribution >= 0.6 is 7.60 Å². The minimum absolute atomic E-state index is 0.0414. The third-order valence-corrected chi connectivity index (χ3v) is 6.65. The predicted octanol–water partition coefficient (Wildman–Crippen LogP) is 0.816. The fourth-order valence-electron chi connectivity index (χ4n) is 3.78. The Morgan fingerprint density at radius 2 is 1.67 bits per heavy atom. The van der Waals surface area contributed by atoms with Crippen LogP contribution in [0.15, 0.2) is 36.4 Å². The number of benzene rings is 1. The van der Waals surface area contributed by atoms with Crippen molar-refractivity contribution in [2.24, 2.45) is 0 Å². The van der Waals surface area contributed by atoms with Gasteiger partial charge in [-0.05, 0) is 12.8 Å². The maximum Gasteiger partial charge on any atom is 0.407 e. The van der Waals surface area contributed by atoms with Gasteiger partial charge in [0.1, 0.15) is 17.6 Å². The van der Waals surface area contributed by atoms with Gasteiger partial charge in [0.25, 0.3) is 5.91 Å². The van der Waals surface area contributed by atoms with Crippen LogP contribution in [0.25, 0.3) is 11.4 Å². The molecule has 36 heavy (non-hydrogen) atoms. The third-order valence-electron chi connectivity index (χ3n) is 5.81. The van der Waals surface area contributed by atoms with Gasteiger partial charge in [-0.25, -0.2) is 14.8 Å². The third kappa shape index (κ3) is 6.78. The molecule has 13 nitrogen and oxygen atoms in total. The predicted molar refractivity (Wildman–Crippen MR) is 128 cm³/mol. The molecule has 1 saturated carbocycles. The van der Waals surface area contributed by atoms with E-state index in [-0.39, 0.29) is 43.7 Å². The molecule has 1 aromatic carbocycles. The van der Waals surface area contributed by atoms with Crippen LogP contribution in [0.5, 0.6) is 0 Å². The van der Waals surface area contributed by atoms with Crippen molar-refractivity contribution < 1.29 is 33.8 Å². The van der Waals surface area contributed by atoms with E-state index in [2.05, 4.69) is 20.6 Å². The number of amides is 3. The molecule has 0 unspecified atom stereocenters. The maximum atomic E-state index is 13.2. The van der Waals surface area contributed by atoms with Crippen LogP contribution in [0.4, 0.5) is 10.6 Å². The van der Waals surface area contributed by atoms with Crippen LogP contribution in [0, 0.1) is 0 Å². The molecule has 0 radical (unpaired) electrons. The zero-order valence-corrected chi connectivity index (χ0v) is 20.2. The first-order valence-corrected chi connectivity index (χ1v) is 13.2. The average molecular weight is 518 g/mol. The Kier molecular flexibility index (Phi) is 7.53. The Labute approximate surface area is 206 Å². The van der Waals surface area contributed by atoms with E-state index in [0.29, 0.717) is 11.4 Å². The van der Waals surface area contributed by atoms with E-state index in [1.807, 2.05) is 6.07 Å². The first-order valence-electron chi connectivity index (χ1n) is 11.4. The summed E-state index contributed by atoms with van der Waals surface area (Å²) in [6.07, 6.45) is -0.0724. The molecular formula is C22H27N6O7P. The Hall–Kier alpha value is -3.54. The minimum atomic E-state index is -4.69. The van der Waals surface area contributed by atoms with E-state index >= 15 is 0 Å². The molecule has 1 aromatic heterocycles. The molecule has 1 saturated heterocycles. The molecule has 192 valence electrons. The molecule has 0 bridgehead atoms. The number of aromatic nitrogens is 2. The summed E-state index contributed by atoms with van der Waals surface area (Å²) in [5, 5.41) is 14.7. The SMILES string of the molecule is O=C(N[C@@H](CP(=O)(O)O)C(=O)N1CCN(C(=O)O)CC1)c1cc(NC2CC2)nc(-c2ccccc2)n1. The number of nitrogens with zero attached hydrogens (tertiary/aromatic N) is 4. The van der Waals surface area contributed by atoms with Crippen LogP contribution in [0.1, 0.15) is 23.3 Å². The van der Waals surface area contributed by atoms with Gasteiger partial charge in [0.2, 0.25) is 5.91 Å². The monoisotopic (exact) mass is 518 g/mol. The fourth-order valence-corrected chi connectivity index (χ4v) is 4.51. The molecule has 5 N–H and O–H groups in total. The van der Waals surface area contributed by atoms with Crippen molar-refractivity contribution in [3.63, 3.8) is 0 Å².